The van der Waals surface area contributed by atoms with Gasteiger partial charge in [-0.2, -0.15) is 5.10 Å². The van der Waals surface area contributed by atoms with Crippen molar-refractivity contribution in [1.29, 1.82) is 0 Å². The quantitative estimate of drug-likeness (QED) is 0.627. The fourth-order valence-electron chi connectivity index (χ4n) is 2.82. The predicted octanol–water partition coefficient (Wildman–Crippen LogP) is 1.31. The van der Waals surface area contributed by atoms with Gasteiger partial charge in [-0.15, -0.1) is 0 Å². The topological polar surface area (TPSA) is 40.7 Å². The predicted molar refractivity (Wildman–Crippen MR) is 50.5 cm³/mol. The summed E-state index contributed by atoms with van der Waals surface area (Å²) in [7, 11) is 0. The van der Waals surface area contributed by atoms with Crippen LogP contribution in [-0.4, -0.2) is 16.7 Å². The molecule has 3 heteroatoms. The minimum absolute atomic E-state index is 0.600. The second-order valence-corrected chi connectivity index (χ2v) is 4.23. The number of H-pyrrole nitrogens is 1. The van der Waals surface area contributed by atoms with Gasteiger partial charge in [-0.3, -0.25) is 5.10 Å². The van der Waals surface area contributed by atoms with Crippen molar-refractivity contribution in [3.05, 3.63) is 17.0 Å². The minimum Gasteiger partial charge on any atom is -0.310 e. The first-order valence-electron chi connectivity index (χ1n) is 5.13. The van der Waals surface area contributed by atoms with Crippen LogP contribution in [0, 0.1) is 12.8 Å². The summed E-state index contributed by atoms with van der Waals surface area (Å²) in [5.41, 5.74) is 4.03. The summed E-state index contributed by atoms with van der Waals surface area (Å²) >= 11 is 0. The van der Waals surface area contributed by atoms with Gasteiger partial charge in [0.1, 0.15) is 0 Å². The van der Waals surface area contributed by atoms with Gasteiger partial charge in [0.15, 0.2) is 0 Å². The molecule has 0 aromatic carbocycles. The van der Waals surface area contributed by atoms with Crippen LogP contribution >= 0.6 is 0 Å². The Kier molecular flexibility index (Phi) is 1.50. The molecule has 1 aromatic rings. The zero-order valence-corrected chi connectivity index (χ0v) is 7.93. The molecule has 2 unspecified atom stereocenters. The van der Waals surface area contributed by atoms with Crippen LogP contribution in [0.15, 0.2) is 0 Å². The lowest BCUT2D eigenvalue weighted by Crippen LogP contribution is -2.23. The van der Waals surface area contributed by atoms with E-state index in [1.807, 2.05) is 0 Å². The minimum atomic E-state index is 0.600. The highest BCUT2D eigenvalue weighted by Crippen LogP contribution is 2.39. The molecule has 1 aliphatic heterocycles. The molecular weight excluding hydrogens is 162 g/mol. The molecule has 1 saturated heterocycles. The lowest BCUT2D eigenvalue weighted by atomic mass is 9.83. The van der Waals surface area contributed by atoms with E-state index in [1.165, 1.54) is 42.8 Å². The summed E-state index contributed by atoms with van der Waals surface area (Å²) in [5.74, 6) is 0.865. The molecule has 1 fully saturated rings. The molecule has 70 valence electrons. The Morgan fingerprint density at radius 1 is 1.38 bits per heavy atom. The van der Waals surface area contributed by atoms with Crippen molar-refractivity contribution >= 4 is 0 Å². The van der Waals surface area contributed by atoms with Crippen molar-refractivity contribution < 1.29 is 0 Å². The molecule has 0 bridgehead atoms. The van der Waals surface area contributed by atoms with Crippen LogP contribution in [-0.2, 0) is 6.42 Å². The Morgan fingerprint density at radius 2 is 2.31 bits per heavy atom. The number of nitrogens with zero attached hydrogens (tertiary/aromatic N) is 1. The first-order valence-corrected chi connectivity index (χ1v) is 5.13. The van der Waals surface area contributed by atoms with Gasteiger partial charge in [0.25, 0.3) is 0 Å². The van der Waals surface area contributed by atoms with E-state index in [4.69, 9.17) is 0 Å². The number of fused-ring (bicyclic) bond motifs is 3. The standard InChI is InChI=1S/C10H15N3/c1-6-9-8(13-12-6)3-2-7-4-5-11-10(7)9/h7,10-11H,2-5H2,1H3,(H,12,13). The van der Waals surface area contributed by atoms with Crippen LogP contribution in [0.25, 0.3) is 0 Å². The Morgan fingerprint density at radius 3 is 3.23 bits per heavy atom. The van der Waals surface area contributed by atoms with Crippen LogP contribution in [0.4, 0.5) is 0 Å². The first kappa shape index (κ1) is 7.56. The molecule has 2 aliphatic rings. The Labute approximate surface area is 77.9 Å². The number of hydrogen-bond donors (Lipinski definition) is 2. The van der Waals surface area contributed by atoms with Crippen molar-refractivity contribution in [2.24, 2.45) is 5.92 Å². The van der Waals surface area contributed by atoms with E-state index >= 15 is 0 Å². The van der Waals surface area contributed by atoms with E-state index in [-0.39, 0.29) is 0 Å². The van der Waals surface area contributed by atoms with Crippen molar-refractivity contribution in [3.8, 4) is 0 Å². The third kappa shape index (κ3) is 0.967. The van der Waals surface area contributed by atoms with Gasteiger partial charge in [0, 0.05) is 17.3 Å². The van der Waals surface area contributed by atoms with Crippen LogP contribution in [0.1, 0.15) is 35.8 Å². The average Bonchev–Trinajstić information content (AvgIpc) is 2.70. The summed E-state index contributed by atoms with van der Waals surface area (Å²) in [5, 5.41) is 11.0. The maximum absolute atomic E-state index is 4.35. The Hall–Kier alpha value is -0.830. The fourth-order valence-corrected chi connectivity index (χ4v) is 2.82. The zero-order valence-electron chi connectivity index (χ0n) is 7.93. The van der Waals surface area contributed by atoms with E-state index in [0.717, 1.165) is 5.92 Å². The van der Waals surface area contributed by atoms with Gasteiger partial charge in [-0.05, 0) is 38.6 Å². The highest BCUT2D eigenvalue weighted by atomic mass is 15.1. The van der Waals surface area contributed by atoms with E-state index in [9.17, 15) is 0 Å². The van der Waals surface area contributed by atoms with Crippen molar-refractivity contribution in [3.63, 3.8) is 0 Å². The number of aryl methyl sites for hydroxylation is 2. The van der Waals surface area contributed by atoms with Gasteiger partial charge < -0.3 is 5.32 Å². The number of rotatable bonds is 0. The van der Waals surface area contributed by atoms with Crippen LogP contribution in [0.5, 0.6) is 0 Å². The van der Waals surface area contributed by atoms with Gasteiger partial charge in [-0.1, -0.05) is 0 Å². The average molecular weight is 177 g/mol. The van der Waals surface area contributed by atoms with E-state index in [1.54, 1.807) is 0 Å². The third-order valence-corrected chi connectivity index (χ3v) is 3.49. The molecule has 0 radical (unpaired) electrons. The maximum Gasteiger partial charge on any atom is 0.0672 e. The van der Waals surface area contributed by atoms with Crippen LogP contribution in [0.2, 0.25) is 0 Å². The second kappa shape index (κ2) is 2.58. The van der Waals surface area contributed by atoms with Crippen molar-refractivity contribution in [1.82, 2.24) is 15.5 Å². The molecule has 0 amide bonds. The molecule has 3 rings (SSSR count). The SMILES string of the molecule is Cc1[nH]nc2c1C1NCCC1CC2. The van der Waals surface area contributed by atoms with Gasteiger partial charge in [0.05, 0.1) is 5.69 Å². The molecule has 2 N–H and O–H groups in total. The summed E-state index contributed by atoms with van der Waals surface area (Å²) in [6.45, 7) is 3.31. The van der Waals surface area contributed by atoms with E-state index in [0.29, 0.717) is 6.04 Å². The smallest absolute Gasteiger partial charge is 0.0672 e. The summed E-state index contributed by atoms with van der Waals surface area (Å²) < 4.78 is 0. The van der Waals surface area contributed by atoms with Gasteiger partial charge in [-0.25, -0.2) is 0 Å². The molecule has 1 aromatic heterocycles. The third-order valence-electron chi connectivity index (χ3n) is 3.49. The van der Waals surface area contributed by atoms with Crippen LogP contribution < -0.4 is 5.32 Å². The van der Waals surface area contributed by atoms with Crippen molar-refractivity contribution in [2.45, 2.75) is 32.2 Å². The molecular formula is C10H15N3. The largest absolute Gasteiger partial charge is 0.310 e. The van der Waals surface area contributed by atoms with Crippen molar-refractivity contribution in [2.75, 3.05) is 6.54 Å². The summed E-state index contributed by atoms with van der Waals surface area (Å²) in [6.07, 6.45) is 3.83. The zero-order chi connectivity index (χ0) is 8.84. The molecule has 1 aliphatic carbocycles. The summed E-state index contributed by atoms with van der Waals surface area (Å²) in [6, 6.07) is 0.600. The lowest BCUT2D eigenvalue weighted by Gasteiger charge is -2.25. The Balaban J connectivity index is 2.09. The summed E-state index contributed by atoms with van der Waals surface area (Å²) in [4.78, 5) is 0. The number of hydrogen-bond acceptors (Lipinski definition) is 2. The number of aromatic amines is 1. The monoisotopic (exact) mass is 177 g/mol. The number of nitrogens with one attached hydrogen (secondary N) is 2. The second-order valence-electron chi connectivity index (χ2n) is 4.23. The Bertz CT molecular complexity index is 329. The molecule has 3 nitrogen and oxygen atoms in total. The molecule has 2 heterocycles. The first-order chi connectivity index (χ1) is 6.36. The molecule has 13 heavy (non-hydrogen) atoms. The molecule has 2 atom stereocenters. The maximum atomic E-state index is 4.35. The highest BCUT2D eigenvalue weighted by Gasteiger charge is 2.35. The lowest BCUT2D eigenvalue weighted by molar-refractivity contribution is 0.402. The van der Waals surface area contributed by atoms with Crippen LogP contribution in [0.3, 0.4) is 0 Å². The van der Waals surface area contributed by atoms with Gasteiger partial charge >= 0.3 is 0 Å². The molecule has 0 spiro atoms. The van der Waals surface area contributed by atoms with E-state index < -0.39 is 0 Å². The van der Waals surface area contributed by atoms with Gasteiger partial charge in [0.2, 0.25) is 0 Å². The number of aromatic nitrogens is 2. The normalized spacial score (nSPS) is 31.5. The van der Waals surface area contributed by atoms with E-state index in [2.05, 4.69) is 22.4 Å². The highest BCUT2D eigenvalue weighted by molar-refractivity contribution is 5.32. The molecule has 0 saturated carbocycles. The fraction of sp³-hybridized carbons (Fsp3) is 0.700.